The number of primary amides is 1. The molecule has 0 aliphatic carbocycles. The molecule has 0 spiro atoms. The number of aromatic nitrogens is 2. The van der Waals surface area contributed by atoms with Crippen molar-refractivity contribution in [1.82, 2.24) is 9.97 Å². The summed E-state index contributed by atoms with van der Waals surface area (Å²) in [5.41, 5.74) is 10.7. The molecular formula is C13H11FN4O3. The van der Waals surface area contributed by atoms with Crippen LogP contribution in [0, 0.1) is 5.82 Å². The van der Waals surface area contributed by atoms with Crippen LogP contribution in [0.5, 0.6) is 0 Å². The number of nitrogens with two attached hydrogens (primary N) is 2. The Morgan fingerprint density at radius 2 is 1.76 bits per heavy atom. The third-order valence-corrected chi connectivity index (χ3v) is 2.58. The first-order chi connectivity index (χ1) is 9.99. The van der Waals surface area contributed by atoms with Gasteiger partial charge in [0.2, 0.25) is 6.10 Å². The Bertz CT molecular complexity index is 675. The first-order valence-corrected chi connectivity index (χ1v) is 5.81. The van der Waals surface area contributed by atoms with Gasteiger partial charge in [0.25, 0.3) is 5.91 Å². The molecule has 0 bridgehead atoms. The molecule has 1 heterocycles. The largest absolute Gasteiger partial charge is 0.442 e. The van der Waals surface area contributed by atoms with Crippen molar-refractivity contribution >= 4 is 17.7 Å². The van der Waals surface area contributed by atoms with Crippen molar-refractivity contribution in [2.45, 2.75) is 6.10 Å². The number of nitrogens with zero attached hydrogens (tertiary/aromatic N) is 2. The van der Waals surface area contributed by atoms with Gasteiger partial charge in [0, 0.05) is 18.0 Å². The SMILES string of the molecule is NC(=O)[C@H](OC(=O)c1nccnc1N)c1ccc(F)cc1. The third kappa shape index (κ3) is 3.30. The molecule has 2 aromatic rings. The quantitative estimate of drug-likeness (QED) is 0.794. The van der Waals surface area contributed by atoms with Crippen molar-refractivity contribution < 1.29 is 18.7 Å². The zero-order chi connectivity index (χ0) is 15.4. The lowest BCUT2D eigenvalue weighted by Crippen LogP contribution is -2.27. The number of carbonyl (C=O) groups excluding carboxylic acids is 2. The summed E-state index contributed by atoms with van der Waals surface area (Å²) < 4.78 is 17.9. The average Bonchev–Trinajstić information content (AvgIpc) is 2.46. The van der Waals surface area contributed by atoms with Gasteiger partial charge in [0.05, 0.1) is 0 Å². The number of nitrogen functional groups attached to an aromatic ring is 1. The maximum Gasteiger partial charge on any atom is 0.361 e. The molecule has 108 valence electrons. The Hall–Kier alpha value is -3.03. The Balaban J connectivity index is 2.25. The van der Waals surface area contributed by atoms with E-state index in [1.807, 2.05) is 0 Å². The molecule has 1 aromatic heterocycles. The first-order valence-electron chi connectivity index (χ1n) is 5.81. The van der Waals surface area contributed by atoms with Crippen LogP contribution in [0.2, 0.25) is 0 Å². The van der Waals surface area contributed by atoms with E-state index in [0.29, 0.717) is 0 Å². The number of ether oxygens (including phenoxy) is 1. The van der Waals surface area contributed by atoms with Crippen molar-refractivity contribution in [2.24, 2.45) is 5.73 Å². The average molecular weight is 290 g/mol. The summed E-state index contributed by atoms with van der Waals surface area (Å²) in [5, 5.41) is 0. The van der Waals surface area contributed by atoms with E-state index < -0.39 is 23.8 Å². The summed E-state index contributed by atoms with van der Waals surface area (Å²) in [6, 6.07) is 4.82. The van der Waals surface area contributed by atoms with E-state index in [0.717, 1.165) is 12.1 Å². The number of esters is 1. The maximum absolute atomic E-state index is 12.9. The van der Waals surface area contributed by atoms with Crippen LogP contribution in [0.25, 0.3) is 0 Å². The zero-order valence-corrected chi connectivity index (χ0v) is 10.7. The van der Waals surface area contributed by atoms with E-state index in [4.69, 9.17) is 16.2 Å². The van der Waals surface area contributed by atoms with Gasteiger partial charge in [0.1, 0.15) is 5.82 Å². The lowest BCUT2D eigenvalue weighted by Gasteiger charge is -2.15. The van der Waals surface area contributed by atoms with Crippen LogP contribution < -0.4 is 11.5 Å². The fourth-order valence-corrected chi connectivity index (χ4v) is 1.60. The minimum atomic E-state index is -1.38. The molecule has 7 nitrogen and oxygen atoms in total. The van der Waals surface area contributed by atoms with Gasteiger partial charge in [-0.25, -0.2) is 19.2 Å². The number of hydrogen-bond donors (Lipinski definition) is 2. The third-order valence-electron chi connectivity index (χ3n) is 2.58. The predicted molar refractivity (Wildman–Crippen MR) is 70.2 cm³/mol. The van der Waals surface area contributed by atoms with Crippen molar-refractivity contribution in [3.8, 4) is 0 Å². The van der Waals surface area contributed by atoms with E-state index in [9.17, 15) is 14.0 Å². The van der Waals surface area contributed by atoms with E-state index in [1.165, 1.54) is 24.5 Å². The first kappa shape index (κ1) is 14.4. The molecule has 1 amide bonds. The molecule has 0 unspecified atom stereocenters. The summed E-state index contributed by atoms with van der Waals surface area (Å²) >= 11 is 0. The van der Waals surface area contributed by atoms with Crippen LogP contribution in [0.15, 0.2) is 36.7 Å². The van der Waals surface area contributed by atoms with Gasteiger partial charge in [-0.1, -0.05) is 12.1 Å². The Kier molecular flexibility index (Phi) is 4.07. The van der Waals surface area contributed by atoms with Gasteiger partial charge in [-0.2, -0.15) is 0 Å². The minimum Gasteiger partial charge on any atom is -0.442 e. The van der Waals surface area contributed by atoms with Crippen molar-refractivity contribution in [3.63, 3.8) is 0 Å². The number of rotatable bonds is 4. The number of benzene rings is 1. The van der Waals surface area contributed by atoms with Crippen LogP contribution in [-0.4, -0.2) is 21.8 Å². The second kappa shape index (κ2) is 5.95. The van der Waals surface area contributed by atoms with Gasteiger partial charge in [-0.05, 0) is 12.1 Å². The highest BCUT2D eigenvalue weighted by molar-refractivity contribution is 5.94. The highest BCUT2D eigenvalue weighted by Crippen LogP contribution is 2.20. The summed E-state index contributed by atoms with van der Waals surface area (Å²) in [4.78, 5) is 30.8. The monoisotopic (exact) mass is 290 g/mol. The van der Waals surface area contributed by atoms with Crippen molar-refractivity contribution in [3.05, 3.63) is 53.7 Å². The number of amides is 1. The molecule has 2 rings (SSSR count). The van der Waals surface area contributed by atoms with Gasteiger partial charge in [-0.15, -0.1) is 0 Å². The summed E-state index contributed by atoms with van der Waals surface area (Å²) in [6.45, 7) is 0. The number of halogens is 1. The van der Waals surface area contributed by atoms with Gasteiger partial charge < -0.3 is 16.2 Å². The predicted octanol–water partition coefficient (Wildman–Crippen LogP) is 0.581. The Labute approximate surface area is 118 Å². The molecular weight excluding hydrogens is 279 g/mol. The second-order valence-corrected chi connectivity index (χ2v) is 4.03. The molecule has 0 aliphatic heterocycles. The summed E-state index contributed by atoms with van der Waals surface area (Å²) in [5.74, 6) is -2.48. The molecule has 8 heteroatoms. The van der Waals surface area contributed by atoms with Gasteiger partial charge in [0.15, 0.2) is 11.5 Å². The summed E-state index contributed by atoms with van der Waals surface area (Å²) in [6.07, 6.45) is 1.18. The number of hydrogen-bond acceptors (Lipinski definition) is 6. The Morgan fingerprint density at radius 1 is 1.14 bits per heavy atom. The summed E-state index contributed by atoms with van der Waals surface area (Å²) in [7, 11) is 0. The molecule has 4 N–H and O–H groups in total. The standard InChI is InChI=1S/C13H11FN4O3/c14-8-3-1-7(2-4-8)10(12(16)19)21-13(20)9-11(15)18-6-5-17-9/h1-6,10H,(H2,15,18)(H2,16,19)/t10-/m1/s1. The van der Waals surface area contributed by atoms with Gasteiger partial charge in [-0.3, -0.25) is 4.79 Å². The second-order valence-electron chi connectivity index (χ2n) is 4.03. The lowest BCUT2D eigenvalue weighted by molar-refractivity contribution is -0.127. The fourth-order valence-electron chi connectivity index (χ4n) is 1.60. The highest BCUT2D eigenvalue weighted by atomic mass is 19.1. The van der Waals surface area contributed by atoms with E-state index in [1.54, 1.807) is 0 Å². The minimum absolute atomic E-state index is 0.134. The molecule has 21 heavy (non-hydrogen) atoms. The van der Waals surface area contributed by atoms with E-state index >= 15 is 0 Å². The number of carbonyl (C=O) groups is 2. The molecule has 0 fully saturated rings. The number of anilines is 1. The van der Waals surface area contributed by atoms with Gasteiger partial charge >= 0.3 is 5.97 Å². The molecule has 1 atom stereocenters. The van der Waals surface area contributed by atoms with E-state index in [-0.39, 0.29) is 17.1 Å². The van der Waals surface area contributed by atoms with Crippen molar-refractivity contribution in [2.75, 3.05) is 5.73 Å². The normalized spacial score (nSPS) is 11.7. The van der Waals surface area contributed by atoms with Crippen LogP contribution in [0.3, 0.4) is 0 Å². The molecule has 0 aliphatic rings. The Morgan fingerprint density at radius 3 is 2.33 bits per heavy atom. The maximum atomic E-state index is 12.9. The highest BCUT2D eigenvalue weighted by Gasteiger charge is 2.25. The van der Waals surface area contributed by atoms with Crippen molar-refractivity contribution in [1.29, 1.82) is 0 Å². The molecule has 0 saturated carbocycles. The van der Waals surface area contributed by atoms with E-state index in [2.05, 4.69) is 9.97 Å². The molecule has 0 radical (unpaired) electrons. The smallest absolute Gasteiger partial charge is 0.361 e. The van der Waals surface area contributed by atoms with Crippen LogP contribution in [0.4, 0.5) is 10.2 Å². The van der Waals surface area contributed by atoms with Crippen LogP contribution in [0.1, 0.15) is 22.2 Å². The molecule has 0 saturated heterocycles. The lowest BCUT2D eigenvalue weighted by atomic mass is 10.1. The van der Waals surface area contributed by atoms with Crippen LogP contribution in [-0.2, 0) is 9.53 Å². The molecule has 1 aromatic carbocycles. The fraction of sp³-hybridized carbons (Fsp3) is 0.0769. The zero-order valence-electron chi connectivity index (χ0n) is 10.7. The topological polar surface area (TPSA) is 121 Å². The van der Waals surface area contributed by atoms with Crippen LogP contribution >= 0.6 is 0 Å².